The van der Waals surface area contributed by atoms with Crippen LogP contribution in [-0.2, 0) is 20.6 Å². The van der Waals surface area contributed by atoms with E-state index < -0.39 is 22.0 Å². The molecule has 0 aliphatic heterocycles. The molecule has 18 heavy (non-hydrogen) atoms. The fourth-order valence-corrected chi connectivity index (χ4v) is 2.13. The molecule has 0 spiro atoms. The number of anilines is 1. The number of carboxylic acids is 1. The second kappa shape index (κ2) is 5.83. The number of sulfonamides is 1. The topological polar surface area (TPSA) is 109 Å². The molecule has 0 bridgehead atoms. The summed E-state index contributed by atoms with van der Waals surface area (Å²) in [5, 5.41) is 16.6. The van der Waals surface area contributed by atoms with Gasteiger partial charge in [-0.2, -0.15) is 0 Å². The van der Waals surface area contributed by atoms with E-state index in [0.717, 1.165) is 0 Å². The summed E-state index contributed by atoms with van der Waals surface area (Å²) in [4.78, 5) is 10.8. The molecular formula is C11H16N2O4S. The molecule has 1 unspecified atom stereocenters. The first kappa shape index (κ1) is 14.5. The van der Waals surface area contributed by atoms with E-state index in [1.165, 1.54) is 0 Å². The van der Waals surface area contributed by atoms with Gasteiger partial charge >= 0.3 is 5.97 Å². The molecule has 0 radical (unpaired) electrons. The van der Waals surface area contributed by atoms with Crippen LogP contribution in [-0.4, -0.2) is 25.5 Å². The Morgan fingerprint density at radius 1 is 1.39 bits per heavy atom. The highest BCUT2D eigenvalue weighted by Gasteiger charge is 2.14. The third-order valence-corrected chi connectivity index (χ3v) is 3.10. The minimum absolute atomic E-state index is 0.233. The van der Waals surface area contributed by atoms with Crippen molar-refractivity contribution in [3.05, 3.63) is 29.8 Å². The van der Waals surface area contributed by atoms with Gasteiger partial charge in [-0.15, -0.1) is 0 Å². The Morgan fingerprint density at radius 3 is 2.33 bits per heavy atom. The van der Waals surface area contributed by atoms with Crippen molar-refractivity contribution in [3.63, 3.8) is 0 Å². The zero-order valence-electron chi connectivity index (χ0n) is 9.96. The first-order chi connectivity index (χ1) is 8.31. The number of hydrogen-bond donors (Lipinski definition) is 3. The van der Waals surface area contributed by atoms with Crippen molar-refractivity contribution in [2.45, 2.75) is 25.1 Å². The van der Waals surface area contributed by atoms with Crippen LogP contribution in [0.2, 0.25) is 0 Å². The molecule has 1 aromatic rings. The quantitative estimate of drug-likeness (QED) is 0.708. The lowest BCUT2D eigenvalue weighted by atomic mass is 10.2. The Kier molecular flexibility index (Phi) is 4.69. The maximum Gasteiger partial charge on any atom is 0.326 e. The van der Waals surface area contributed by atoms with Crippen LogP contribution in [0.3, 0.4) is 0 Å². The first-order valence-electron chi connectivity index (χ1n) is 5.40. The van der Waals surface area contributed by atoms with E-state index in [1.807, 2.05) is 0 Å². The summed E-state index contributed by atoms with van der Waals surface area (Å²) in [5.41, 5.74) is 1.19. The van der Waals surface area contributed by atoms with Gasteiger partial charge in [0.2, 0.25) is 10.0 Å². The molecule has 0 heterocycles. The summed E-state index contributed by atoms with van der Waals surface area (Å²) in [5.74, 6) is -1.16. The molecule has 0 saturated heterocycles. The van der Waals surface area contributed by atoms with Crippen molar-refractivity contribution < 1.29 is 18.3 Å². The Hall–Kier alpha value is -1.60. The Morgan fingerprint density at radius 2 is 1.94 bits per heavy atom. The molecule has 0 amide bonds. The van der Waals surface area contributed by atoms with Crippen molar-refractivity contribution in [2.24, 2.45) is 5.14 Å². The number of benzene rings is 1. The van der Waals surface area contributed by atoms with Crippen molar-refractivity contribution >= 4 is 21.7 Å². The highest BCUT2D eigenvalue weighted by molar-refractivity contribution is 7.88. The number of nitrogens with one attached hydrogen (secondary N) is 1. The molecule has 0 aliphatic carbocycles. The SMILES string of the molecule is CCC(Nc1ccc(CS(N)(=O)=O)cc1)C(=O)O. The maximum absolute atomic E-state index is 10.9. The Bertz CT molecular complexity index is 510. The van der Waals surface area contributed by atoms with Gasteiger partial charge in [0.25, 0.3) is 0 Å². The number of nitrogens with two attached hydrogens (primary N) is 1. The number of hydrogen-bond acceptors (Lipinski definition) is 4. The van der Waals surface area contributed by atoms with Gasteiger partial charge < -0.3 is 10.4 Å². The maximum atomic E-state index is 10.9. The van der Waals surface area contributed by atoms with Gasteiger partial charge in [0.1, 0.15) is 6.04 Å². The van der Waals surface area contributed by atoms with Gasteiger partial charge in [0, 0.05) is 5.69 Å². The van der Waals surface area contributed by atoms with Crippen molar-refractivity contribution in [3.8, 4) is 0 Å². The number of primary sulfonamides is 1. The summed E-state index contributed by atoms with van der Waals surface area (Å²) in [6.45, 7) is 1.77. The second-order valence-electron chi connectivity index (χ2n) is 3.95. The van der Waals surface area contributed by atoms with Gasteiger partial charge in [0.15, 0.2) is 0 Å². The van der Waals surface area contributed by atoms with E-state index in [4.69, 9.17) is 10.2 Å². The van der Waals surface area contributed by atoms with Crippen LogP contribution in [0.5, 0.6) is 0 Å². The zero-order valence-corrected chi connectivity index (χ0v) is 10.8. The van der Waals surface area contributed by atoms with Crippen LogP contribution in [0.15, 0.2) is 24.3 Å². The summed E-state index contributed by atoms with van der Waals surface area (Å²) < 4.78 is 21.8. The number of aliphatic carboxylic acids is 1. The molecule has 0 saturated carbocycles. The average Bonchev–Trinajstić information content (AvgIpc) is 2.25. The molecule has 100 valence electrons. The van der Waals surface area contributed by atoms with E-state index in [1.54, 1.807) is 31.2 Å². The van der Waals surface area contributed by atoms with Crippen molar-refractivity contribution in [1.29, 1.82) is 0 Å². The number of carbonyl (C=O) groups is 1. The minimum atomic E-state index is -3.55. The van der Waals surface area contributed by atoms with Crippen LogP contribution in [0, 0.1) is 0 Å². The van der Waals surface area contributed by atoms with Gasteiger partial charge in [-0.1, -0.05) is 19.1 Å². The number of carboxylic acid groups (broad SMARTS) is 1. The molecule has 0 fully saturated rings. The largest absolute Gasteiger partial charge is 0.480 e. The zero-order chi connectivity index (χ0) is 13.8. The van der Waals surface area contributed by atoms with E-state index in [9.17, 15) is 13.2 Å². The van der Waals surface area contributed by atoms with Crippen LogP contribution >= 0.6 is 0 Å². The van der Waals surface area contributed by atoms with Crippen LogP contribution in [0.1, 0.15) is 18.9 Å². The molecule has 7 heteroatoms. The fourth-order valence-electron chi connectivity index (χ4n) is 1.47. The lowest BCUT2D eigenvalue weighted by molar-refractivity contribution is -0.137. The van der Waals surface area contributed by atoms with Crippen molar-refractivity contribution in [2.75, 3.05) is 5.32 Å². The van der Waals surface area contributed by atoms with Gasteiger partial charge in [0.05, 0.1) is 5.75 Å². The third kappa shape index (κ3) is 4.72. The highest BCUT2D eigenvalue weighted by atomic mass is 32.2. The predicted molar refractivity (Wildman–Crippen MR) is 68.6 cm³/mol. The lowest BCUT2D eigenvalue weighted by Gasteiger charge is -2.13. The van der Waals surface area contributed by atoms with Crippen LogP contribution in [0.25, 0.3) is 0 Å². The Balaban J connectivity index is 2.74. The predicted octanol–water partition coefficient (Wildman–Crippen LogP) is 0.750. The Labute approximate surface area is 106 Å². The highest BCUT2D eigenvalue weighted by Crippen LogP contribution is 2.13. The van der Waals surface area contributed by atoms with Gasteiger partial charge in [-0.25, -0.2) is 18.4 Å². The van der Waals surface area contributed by atoms with E-state index in [2.05, 4.69) is 5.32 Å². The molecule has 4 N–H and O–H groups in total. The molecule has 0 aromatic heterocycles. The van der Waals surface area contributed by atoms with Crippen LogP contribution in [0.4, 0.5) is 5.69 Å². The standard InChI is InChI=1S/C11H16N2O4S/c1-2-10(11(14)15)13-9-5-3-8(4-6-9)7-18(12,16)17/h3-6,10,13H,2,7H2,1H3,(H,14,15)(H2,12,16,17). The van der Waals surface area contributed by atoms with Gasteiger partial charge in [-0.05, 0) is 24.1 Å². The van der Waals surface area contributed by atoms with E-state index >= 15 is 0 Å². The number of rotatable bonds is 6. The average molecular weight is 272 g/mol. The fraction of sp³-hybridized carbons (Fsp3) is 0.364. The summed E-state index contributed by atoms with van der Waals surface area (Å²) >= 11 is 0. The van der Waals surface area contributed by atoms with Crippen LogP contribution < -0.4 is 10.5 Å². The smallest absolute Gasteiger partial charge is 0.326 e. The normalized spacial score (nSPS) is 13.0. The molecule has 1 aromatic carbocycles. The third-order valence-electron chi connectivity index (χ3n) is 2.37. The molecule has 1 rings (SSSR count). The molecule has 1 atom stereocenters. The summed E-state index contributed by atoms with van der Waals surface area (Å²) in [6.07, 6.45) is 0.453. The van der Waals surface area contributed by atoms with Crippen molar-refractivity contribution in [1.82, 2.24) is 0 Å². The minimum Gasteiger partial charge on any atom is -0.480 e. The van der Waals surface area contributed by atoms with Gasteiger partial charge in [-0.3, -0.25) is 0 Å². The lowest BCUT2D eigenvalue weighted by Crippen LogP contribution is -2.28. The molecular weight excluding hydrogens is 256 g/mol. The summed E-state index contributed by atoms with van der Waals surface area (Å²) in [6, 6.07) is 5.80. The first-order valence-corrected chi connectivity index (χ1v) is 7.12. The van der Waals surface area contributed by atoms with E-state index in [0.29, 0.717) is 17.7 Å². The summed E-state index contributed by atoms with van der Waals surface area (Å²) in [7, 11) is -3.55. The second-order valence-corrected chi connectivity index (χ2v) is 5.56. The van der Waals surface area contributed by atoms with E-state index in [-0.39, 0.29) is 5.75 Å². The molecule has 6 nitrogen and oxygen atoms in total. The molecule has 0 aliphatic rings. The monoisotopic (exact) mass is 272 g/mol.